The lowest BCUT2D eigenvalue weighted by atomic mass is 9.98. The summed E-state index contributed by atoms with van der Waals surface area (Å²) in [5.74, 6) is -1.31. The van der Waals surface area contributed by atoms with Gasteiger partial charge in [-0.2, -0.15) is 4.98 Å². The Labute approximate surface area is 126 Å². The predicted octanol–water partition coefficient (Wildman–Crippen LogP) is 2.87. The fourth-order valence-corrected chi connectivity index (χ4v) is 2.65. The van der Waals surface area contributed by atoms with E-state index in [4.69, 9.17) is 5.11 Å². The number of unbranched alkanes of at least 4 members (excludes halogenated alkanes) is 1. The average molecular weight is 294 g/mol. The Kier molecular flexibility index (Phi) is 6.12. The summed E-state index contributed by atoms with van der Waals surface area (Å²) in [6, 6.07) is 0.0874. The number of nitrogens with zero attached hydrogens (tertiary/aromatic N) is 2. The lowest BCUT2D eigenvalue weighted by molar-refractivity contribution is -0.141. The molecule has 0 aliphatic heterocycles. The van der Waals surface area contributed by atoms with E-state index >= 15 is 0 Å². The van der Waals surface area contributed by atoms with E-state index in [1.165, 1.54) is 0 Å². The highest BCUT2D eigenvalue weighted by Gasteiger charge is 2.19. The molecule has 1 N–H and O–H groups in total. The molecule has 0 aliphatic rings. The van der Waals surface area contributed by atoms with Crippen LogP contribution < -0.4 is 5.69 Å². The van der Waals surface area contributed by atoms with Crippen LogP contribution in [0.25, 0.3) is 0 Å². The van der Waals surface area contributed by atoms with Crippen molar-refractivity contribution in [1.82, 2.24) is 9.55 Å². The van der Waals surface area contributed by atoms with Crippen LogP contribution >= 0.6 is 0 Å². The van der Waals surface area contributed by atoms with Gasteiger partial charge in [-0.15, -0.1) is 0 Å². The van der Waals surface area contributed by atoms with Crippen molar-refractivity contribution in [2.24, 2.45) is 5.92 Å². The fourth-order valence-electron chi connectivity index (χ4n) is 2.65. The molecule has 0 radical (unpaired) electrons. The number of aryl methyl sites for hydroxylation is 1. The summed E-state index contributed by atoms with van der Waals surface area (Å²) in [6.07, 6.45) is 3.47. The number of carbonyl (C=O) groups is 1. The van der Waals surface area contributed by atoms with Gasteiger partial charge in [0.15, 0.2) is 0 Å². The number of aromatic nitrogens is 2. The van der Waals surface area contributed by atoms with Gasteiger partial charge >= 0.3 is 11.7 Å². The van der Waals surface area contributed by atoms with Gasteiger partial charge in [0.25, 0.3) is 0 Å². The molecule has 1 aromatic heterocycles. The topological polar surface area (TPSA) is 72.2 Å². The normalized spacial score (nSPS) is 14.0. The number of carboxylic acid groups (broad SMARTS) is 1. The summed E-state index contributed by atoms with van der Waals surface area (Å²) in [5.41, 5.74) is 2.14. The van der Waals surface area contributed by atoms with Crippen LogP contribution in [0.5, 0.6) is 0 Å². The maximum atomic E-state index is 12.2. The largest absolute Gasteiger partial charge is 0.481 e. The van der Waals surface area contributed by atoms with Gasteiger partial charge in [-0.05, 0) is 39.2 Å². The van der Waals surface area contributed by atoms with Crippen molar-refractivity contribution in [3.05, 3.63) is 27.4 Å². The third-order valence-electron chi connectivity index (χ3n) is 4.05. The third-order valence-corrected chi connectivity index (χ3v) is 4.05. The monoisotopic (exact) mass is 294 g/mol. The molecule has 0 spiro atoms. The summed E-state index contributed by atoms with van der Waals surface area (Å²) in [4.78, 5) is 27.3. The Morgan fingerprint density at radius 1 is 1.33 bits per heavy atom. The van der Waals surface area contributed by atoms with Gasteiger partial charge in [-0.25, -0.2) is 4.79 Å². The number of carboxylic acids is 1. The summed E-state index contributed by atoms with van der Waals surface area (Å²) in [7, 11) is 0. The molecule has 2 atom stereocenters. The highest BCUT2D eigenvalue weighted by atomic mass is 16.4. The molecule has 1 aromatic rings. The second-order valence-corrected chi connectivity index (χ2v) is 5.85. The van der Waals surface area contributed by atoms with E-state index in [2.05, 4.69) is 11.9 Å². The Balaban J connectivity index is 3.22. The number of rotatable bonds is 7. The van der Waals surface area contributed by atoms with Crippen molar-refractivity contribution in [3.63, 3.8) is 0 Å². The Bertz CT molecular complexity index is 563. The van der Waals surface area contributed by atoms with Gasteiger partial charge in [-0.3, -0.25) is 9.36 Å². The molecule has 1 heterocycles. The van der Waals surface area contributed by atoms with Crippen LogP contribution in [0.15, 0.2) is 4.79 Å². The molecule has 0 saturated carbocycles. The first kappa shape index (κ1) is 17.4. The van der Waals surface area contributed by atoms with Crippen molar-refractivity contribution < 1.29 is 9.90 Å². The summed E-state index contributed by atoms with van der Waals surface area (Å²) >= 11 is 0. The molecule has 21 heavy (non-hydrogen) atoms. The van der Waals surface area contributed by atoms with Crippen LogP contribution in [0.4, 0.5) is 0 Å². The second kappa shape index (κ2) is 7.38. The fraction of sp³-hybridized carbons (Fsp3) is 0.688. The number of hydrogen-bond acceptors (Lipinski definition) is 3. The van der Waals surface area contributed by atoms with Gasteiger partial charge in [0.2, 0.25) is 0 Å². The molecule has 0 aliphatic carbocycles. The zero-order chi connectivity index (χ0) is 16.2. The quantitative estimate of drug-likeness (QED) is 0.839. The van der Waals surface area contributed by atoms with Crippen molar-refractivity contribution in [2.45, 2.75) is 66.3 Å². The maximum Gasteiger partial charge on any atom is 0.348 e. The molecule has 5 nitrogen and oxygen atoms in total. The van der Waals surface area contributed by atoms with Crippen molar-refractivity contribution in [3.8, 4) is 0 Å². The summed E-state index contributed by atoms with van der Waals surface area (Å²) in [5, 5.41) is 9.09. The van der Waals surface area contributed by atoms with Crippen LogP contribution in [0, 0.1) is 19.8 Å². The third kappa shape index (κ3) is 4.16. The van der Waals surface area contributed by atoms with E-state index < -0.39 is 11.9 Å². The first-order valence-corrected chi connectivity index (χ1v) is 7.61. The van der Waals surface area contributed by atoms with E-state index in [-0.39, 0.29) is 11.7 Å². The van der Waals surface area contributed by atoms with Gasteiger partial charge in [0.05, 0.1) is 5.92 Å². The molecule has 118 valence electrons. The Hall–Kier alpha value is -1.65. The van der Waals surface area contributed by atoms with E-state index in [1.807, 2.05) is 13.8 Å². The molecule has 0 fully saturated rings. The highest BCUT2D eigenvalue weighted by molar-refractivity contribution is 5.70. The minimum absolute atomic E-state index is 0.0874. The molecule has 0 aromatic carbocycles. The molecule has 5 heteroatoms. The minimum atomic E-state index is -0.828. The zero-order valence-electron chi connectivity index (χ0n) is 13.6. The highest BCUT2D eigenvalue weighted by Crippen LogP contribution is 2.20. The van der Waals surface area contributed by atoms with Crippen LogP contribution in [-0.2, 0) is 11.2 Å². The molecular weight excluding hydrogens is 268 g/mol. The SMILES string of the molecule is CCCCC(C)n1c(C)c(CC(C)C(=O)O)c(C)nc1=O. The predicted molar refractivity (Wildman–Crippen MR) is 82.7 cm³/mol. The van der Waals surface area contributed by atoms with Gasteiger partial charge in [-0.1, -0.05) is 26.7 Å². The minimum Gasteiger partial charge on any atom is -0.481 e. The van der Waals surface area contributed by atoms with Gasteiger partial charge in [0, 0.05) is 17.4 Å². The van der Waals surface area contributed by atoms with Crippen LogP contribution in [0.2, 0.25) is 0 Å². The van der Waals surface area contributed by atoms with Crippen LogP contribution in [-0.4, -0.2) is 20.6 Å². The van der Waals surface area contributed by atoms with Crippen molar-refractivity contribution in [2.75, 3.05) is 0 Å². The van der Waals surface area contributed by atoms with Crippen molar-refractivity contribution >= 4 is 5.97 Å². The molecule has 0 amide bonds. The molecule has 1 rings (SSSR count). The molecule has 0 bridgehead atoms. The Morgan fingerprint density at radius 2 is 1.95 bits per heavy atom. The average Bonchev–Trinajstić information content (AvgIpc) is 2.40. The number of aliphatic carboxylic acids is 1. The smallest absolute Gasteiger partial charge is 0.348 e. The number of hydrogen-bond donors (Lipinski definition) is 1. The van der Waals surface area contributed by atoms with E-state index in [0.29, 0.717) is 12.1 Å². The Morgan fingerprint density at radius 3 is 2.48 bits per heavy atom. The van der Waals surface area contributed by atoms with E-state index in [9.17, 15) is 9.59 Å². The molecule has 0 saturated heterocycles. The summed E-state index contributed by atoms with van der Waals surface area (Å²) < 4.78 is 1.71. The van der Waals surface area contributed by atoms with Gasteiger partial charge in [0.1, 0.15) is 0 Å². The van der Waals surface area contributed by atoms with E-state index in [1.54, 1.807) is 18.4 Å². The first-order valence-electron chi connectivity index (χ1n) is 7.61. The maximum absolute atomic E-state index is 12.2. The standard InChI is InChI=1S/C16H26N2O3/c1-6-7-8-11(3)18-13(5)14(9-10(2)15(19)20)12(4)17-16(18)21/h10-11H,6-9H2,1-5H3,(H,19,20). The van der Waals surface area contributed by atoms with Crippen LogP contribution in [0.3, 0.4) is 0 Å². The van der Waals surface area contributed by atoms with Crippen LogP contribution in [0.1, 0.15) is 63.0 Å². The van der Waals surface area contributed by atoms with Crippen molar-refractivity contribution in [1.29, 1.82) is 0 Å². The van der Waals surface area contributed by atoms with E-state index in [0.717, 1.165) is 30.5 Å². The molecule has 2 unspecified atom stereocenters. The zero-order valence-corrected chi connectivity index (χ0v) is 13.6. The van der Waals surface area contributed by atoms with Gasteiger partial charge < -0.3 is 5.11 Å². The lowest BCUT2D eigenvalue weighted by Gasteiger charge is -2.21. The second-order valence-electron chi connectivity index (χ2n) is 5.85. The lowest BCUT2D eigenvalue weighted by Crippen LogP contribution is -2.31. The first-order chi connectivity index (χ1) is 9.79. The summed E-state index contributed by atoms with van der Waals surface area (Å²) in [6.45, 7) is 9.49. The molecular formula is C16H26N2O3.